The number of hydrogen-bond donors (Lipinski definition) is 2. The number of aliphatic hydroxyl groups excluding tert-OH is 1. The smallest absolute Gasteiger partial charge is 0.265 e. The number of amides is 1. The number of ether oxygens (including phenoxy) is 1. The maximum Gasteiger partial charge on any atom is 0.265 e. The van der Waals surface area contributed by atoms with E-state index in [0.717, 1.165) is 5.69 Å². The van der Waals surface area contributed by atoms with Crippen LogP contribution in [0.2, 0.25) is 0 Å². The van der Waals surface area contributed by atoms with Crippen LogP contribution in [0.5, 0.6) is 5.75 Å². The van der Waals surface area contributed by atoms with Gasteiger partial charge in [-0.05, 0) is 23.6 Å². The van der Waals surface area contributed by atoms with Gasteiger partial charge in [-0.1, -0.05) is 19.9 Å². The number of aliphatic hydroxyl groups is 1. The van der Waals surface area contributed by atoms with Crippen molar-refractivity contribution >= 4 is 11.6 Å². The molecule has 1 amide bonds. The third kappa shape index (κ3) is 2.88. The van der Waals surface area contributed by atoms with Gasteiger partial charge in [-0.2, -0.15) is 0 Å². The number of nitrogens with two attached hydrogens (primary N) is 1. The normalized spacial score (nSPS) is 16.3. The number of rotatable bonds is 4. The van der Waals surface area contributed by atoms with E-state index in [0.29, 0.717) is 23.8 Å². The quantitative estimate of drug-likeness (QED) is 0.852. The van der Waals surface area contributed by atoms with Gasteiger partial charge in [0.1, 0.15) is 5.75 Å². The van der Waals surface area contributed by atoms with Crippen LogP contribution < -0.4 is 15.4 Å². The molecule has 5 nitrogen and oxygen atoms in total. The van der Waals surface area contributed by atoms with Gasteiger partial charge in [0.05, 0.1) is 11.8 Å². The number of nitrogens with zero attached hydrogens (tertiary/aromatic N) is 1. The third-order valence-corrected chi connectivity index (χ3v) is 3.08. The Morgan fingerprint density at radius 2 is 2.21 bits per heavy atom. The predicted octanol–water partition coefficient (Wildman–Crippen LogP) is 1.06. The molecule has 2 rings (SSSR count). The summed E-state index contributed by atoms with van der Waals surface area (Å²) in [6, 6.07) is 5.34. The highest BCUT2D eigenvalue weighted by atomic mass is 16.5. The van der Waals surface area contributed by atoms with Crippen molar-refractivity contribution in [3.8, 4) is 5.75 Å². The minimum absolute atomic E-state index is 0.0550. The third-order valence-electron chi connectivity index (χ3n) is 3.08. The van der Waals surface area contributed by atoms with Gasteiger partial charge in [0.2, 0.25) is 0 Å². The van der Waals surface area contributed by atoms with E-state index in [9.17, 15) is 9.90 Å². The van der Waals surface area contributed by atoms with Crippen molar-refractivity contribution in [1.82, 2.24) is 0 Å². The standard InChI is InChI=1S/C14H20N2O3/c1-9(2)7-16-11-5-10(12(17)6-15)3-4-13(11)19-8-14(16)18/h3-5,9,12,17H,6-8,15H2,1-2H3. The highest BCUT2D eigenvalue weighted by Gasteiger charge is 2.26. The molecule has 1 heterocycles. The number of anilines is 1. The van der Waals surface area contributed by atoms with Gasteiger partial charge in [-0.25, -0.2) is 0 Å². The lowest BCUT2D eigenvalue weighted by molar-refractivity contribution is -0.121. The number of carbonyl (C=O) groups excluding carboxylic acids is 1. The van der Waals surface area contributed by atoms with Crippen molar-refractivity contribution in [3.05, 3.63) is 23.8 Å². The molecule has 19 heavy (non-hydrogen) atoms. The molecule has 0 aromatic heterocycles. The molecule has 0 saturated carbocycles. The van der Waals surface area contributed by atoms with Crippen LogP contribution in [0.3, 0.4) is 0 Å². The first-order chi connectivity index (χ1) is 9.02. The number of fused-ring (bicyclic) bond motifs is 1. The maximum atomic E-state index is 12.0. The fourth-order valence-electron chi connectivity index (χ4n) is 2.13. The number of benzene rings is 1. The molecule has 0 fully saturated rings. The molecule has 5 heteroatoms. The zero-order chi connectivity index (χ0) is 14.0. The van der Waals surface area contributed by atoms with E-state index in [2.05, 4.69) is 13.8 Å². The van der Waals surface area contributed by atoms with Crippen molar-refractivity contribution < 1.29 is 14.6 Å². The van der Waals surface area contributed by atoms with Gasteiger partial charge < -0.3 is 20.5 Å². The largest absolute Gasteiger partial charge is 0.482 e. The van der Waals surface area contributed by atoms with E-state index in [-0.39, 0.29) is 19.1 Å². The Bertz CT molecular complexity index is 474. The highest BCUT2D eigenvalue weighted by molar-refractivity contribution is 5.97. The SMILES string of the molecule is CC(C)CN1C(=O)COc2ccc(C(O)CN)cc21. The Hall–Kier alpha value is -1.59. The summed E-state index contributed by atoms with van der Waals surface area (Å²) >= 11 is 0. The van der Waals surface area contributed by atoms with Crippen LogP contribution in [-0.4, -0.2) is 30.7 Å². The van der Waals surface area contributed by atoms with E-state index in [1.165, 1.54) is 0 Å². The predicted molar refractivity (Wildman–Crippen MR) is 73.1 cm³/mol. The summed E-state index contributed by atoms with van der Waals surface area (Å²) in [5.41, 5.74) is 6.88. The fraction of sp³-hybridized carbons (Fsp3) is 0.500. The molecule has 0 saturated heterocycles. The van der Waals surface area contributed by atoms with Crippen LogP contribution in [0.15, 0.2) is 18.2 Å². The monoisotopic (exact) mass is 264 g/mol. The van der Waals surface area contributed by atoms with Crippen molar-refractivity contribution in [2.75, 3.05) is 24.6 Å². The lowest BCUT2D eigenvalue weighted by Crippen LogP contribution is -2.41. The summed E-state index contributed by atoms with van der Waals surface area (Å²) in [5, 5.41) is 9.80. The summed E-state index contributed by atoms with van der Waals surface area (Å²) in [5.74, 6) is 0.979. The summed E-state index contributed by atoms with van der Waals surface area (Å²) < 4.78 is 5.41. The van der Waals surface area contributed by atoms with Crippen LogP contribution in [0.1, 0.15) is 25.5 Å². The van der Waals surface area contributed by atoms with Crippen molar-refractivity contribution in [3.63, 3.8) is 0 Å². The molecular weight excluding hydrogens is 244 g/mol. The first-order valence-corrected chi connectivity index (χ1v) is 6.48. The van der Waals surface area contributed by atoms with Gasteiger partial charge in [-0.15, -0.1) is 0 Å². The summed E-state index contributed by atoms with van der Waals surface area (Å²) in [6.07, 6.45) is -0.719. The van der Waals surface area contributed by atoms with Gasteiger partial charge >= 0.3 is 0 Å². The number of hydrogen-bond acceptors (Lipinski definition) is 4. The van der Waals surface area contributed by atoms with Gasteiger partial charge in [0, 0.05) is 13.1 Å². The molecule has 1 aromatic carbocycles. The van der Waals surface area contributed by atoms with Crippen LogP contribution in [0.4, 0.5) is 5.69 Å². The molecule has 1 aliphatic heterocycles. The Morgan fingerprint density at radius 3 is 2.84 bits per heavy atom. The minimum Gasteiger partial charge on any atom is -0.482 e. The average Bonchev–Trinajstić information content (AvgIpc) is 2.40. The first-order valence-electron chi connectivity index (χ1n) is 6.48. The number of carbonyl (C=O) groups is 1. The van der Waals surface area contributed by atoms with Crippen LogP contribution >= 0.6 is 0 Å². The van der Waals surface area contributed by atoms with Gasteiger partial charge in [0.25, 0.3) is 5.91 Å². The minimum atomic E-state index is -0.719. The van der Waals surface area contributed by atoms with E-state index in [4.69, 9.17) is 10.5 Å². The lowest BCUT2D eigenvalue weighted by Gasteiger charge is -2.31. The summed E-state index contributed by atoms with van der Waals surface area (Å²) in [6.45, 7) is 4.97. The van der Waals surface area contributed by atoms with Gasteiger partial charge in [-0.3, -0.25) is 4.79 Å². The fourth-order valence-corrected chi connectivity index (χ4v) is 2.13. The first kappa shape index (κ1) is 13.8. The molecule has 0 aliphatic carbocycles. The Labute approximate surface area is 113 Å². The van der Waals surface area contributed by atoms with Crippen LogP contribution in [0.25, 0.3) is 0 Å². The molecule has 0 bridgehead atoms. The zero-order valence-corrected chi connectivity index (χ0v) is 11.3. The second-order valence-corrected chi connectivity index (χ2v) is 5.17. The zero-order valence-electron chi connectivity index (χ0n) is 11.3. The molecule has 0 radical (unpaired) electrons. The Balaban J connectivity index is 2.38. The molecule has 3 N–H and O–H groups in total. The van der Waals surface area contributed by atoms with Crippen molar-refractivity contribution in [2.24, 2.45) is 11.7 Å². The molecular formula is C14H20N2O3. The lowest BCUT2D eigenvalue weighted by atomic mass is 10.1. The molecule has 1 aliphatic rings. The topological polar surface area (TPSA) is 75.8 Å². The summed E-state index contributed by atoms with van der Waals surface area (Å²) in [4.78, 5) is 13.7. The molecule has 0 spiro atoms. The van der Waals surface area contributed by atoms with Crippen molar-refractivity contribution in [2.45, 2.75) is 20.0 Å². The Kier molecular flexibility index (Phi) is 4.07. The van der Waals surface area contributed by atoms with Gasteiger partial charge in [0.15, 0.2) is 6.61 Å². The molecule has 104 valence electrons. The molecule has 1 atom stereocenters. The van der Waals surface area contributed by atoms with Crippen LogP contribution in [-0.2, 0) is 4.79 Å². The molecule has 1 aromatic rings. The Morgan fingerprint density at radius 1 is 1.47 bits per heavy atom. The van der Waals surface area contributed by atoms with E-state index in [1.54, 1.807) is 23.1 Å². The second-order valence-electron chi connectivity index (χ2n) is 5.17. The van der Waals surface area contributed by atoms with E-state index >= 15 is 0 Å². The van der Waals surface area contributed by atoms with E-state index in [1.807, 2.05) is 0 Å². The summed E-state index contributed by atoms with van der Waals surface area (Å²) in [7, 11) is 0. The van der Waals surface area contributed by atoms with Crippen LogP contribution in [0, 0.1) is 5.92 Å². The molecule has 1 unspecified atom stereocenters. The average molecular weight is 264 g/mol. The second kappa shape index (κ2) is 5.59. The van der Waals surface area contributed by atoms with E-state index < -0.39 is 6.10 Å². The maximum absolute atomic E-state index is 12.0. The van der Waals surface area contributed by atoms with Crippen molar-refractivity contribution in [1.29, 1.82) is 0 Å². The highest BCUT2D eigenvalue weighted by Crippen LogP contribution is 2.34.